The summed E-state index contributed by atoms with van der Waals surface area (Å²) in [6, 6.07) is -0.158. The van der Waals surface area contributed by atoms with E-state index < -0.39 is 21.2 Å². The van der Waals surface area contributed by atoms with E-state index >= 15 is 0 Å². The van der Waals surface area contributed by atoms with E-state index in [9.17, 15) is 13.2 Å². The van der Waals surface area contributed by atoms with Crippen molar-refractivity contribution in [3.05, 3.63) is 0 Å². The van der Waals surface area contributed by atoms with Gasteiger partial charge in [0.15, 0.2) is 5.25 Å². The maximum absolute atomic E-state index is 11.5. The second-order valence-electron chi connectivity index (χ2n) is 3.36. The van der Waals surface area contributed by atoms with Crippen LogP contribution >= 0.6 is 0 Å². The number of carboxylic acid groups (broad SMARTS) is 1. The second kappa shape index (κ2) is 3.26. The molecule has 1 aliphatic heterocycles. The molecule has 0 aliphatic carbocycles. The highest BCUT2D eigenvalue weighted by Crippen LogP contribution is 2.23. The van der Waals surface area contributed by atoms with Crippen LogP contribution in [0.5, 0.6) is 0 Å². The minimum Gasteiger partial charge on any atom is -0.480 e. The maximum Gasteiger partial charge on any atom is 0.323 e. The van der Waals surface area contributed by atoms with Crippen LogP contribution in [0.3, 0.4) is 0 Å². The number of nitrogens with zero attached hydrogens (tertiary/aromatic N) is 1. The van der Waals surface area contributed by atoms with Crippen LogP contribution in [0, 0.1) is 0 Å². The van der Waals surface area contributed by atoms with Crippen molar-refractivity contribution in [3.63, 3.8) is 0 Å². The molecule has 0 aromatic carbocycles. The van der Waals surface area contributed by atoms with Gasteiger partial charge in [-0.05, 0) is 20.3 Å². The molecule has 1 unspecified atom stereocenters. The standard InChI is InChI=1S/C7H13NO4S/c1-5(2)8-4-3-6(7(9)10)13(8,11)12/h5-6H,3-4H2,1-2H3,(H,9,10). The minimum atomic E-state index is -3.59. The Morgan fingerprint density at radius 2 is 2.08 bits per heavy atom. The largest absolute Gasteiger partial charge is 0.480 e. The molecule has 0 aromatic rings. The van der Waals surface area contributed by atoms with Gasteiger partial charge in [0, 0.05) is 12.6 Å². The van der Waals surface area contributed by atoms with E-state index in [0.717, 1.165) is 0 Å². The molecular weight excluding hydrogens is 194 g/mol. The van der Waals surface area contributed by atoms with Crippen LogP contribution in [0.25, 0.3) is 0 Å². The molecule has 1 atom stereocenters. The van der Waals surface area contributed by atoms with Gasteiger partial charge in [0.2, 0.25) is 10.0 Å². The Kier molecular flexibility index (Phi) is 2.63. The lowest BCUT2D eigenvalue weighted by Gasteiger charge is -2.19. The summed E-state index contributed by atoms with van der Waals surface area (Å²) in [4.78, 5) is 10.6. The molecule has 1 aliphatic rings. The summed E-state index contributed by atoms with van der Waals surface area (Å²) in [6.45, 7) is 3.79. The lowest BCUT2D eigenvalue weighted by Crippen LogP contribution is -2.37. The summed E-state index contributed by atoms with van der Waals surface area (Å²) >= 11 is 0. The average Bonchev–Trinajstić information content (AvgIpc) is 2.24. The topological polar surface area (TPSA) is 74.7 Å². The van der Waals surface area contributed by atoms with Gasteiger partial charge < -0.3 is 5.11 Å². The van der Waals surface area contributed by atoms with Crippen molar-refractivity contribution in [2.24, 2.45) is 0 Å². The normalized spacial score (nSPS) is 28.1. The molecule has 1 fully saturated rings. The van der Waals surface area contributed by atoms with Crippen LogP contribution in [0.15, 0.2) is 0 Å². The van der Waals surface area contributed by atoms with Crippen LogP contribution in [0.1, 0.15) is 20.3 Å². The van der Waals surface area contributed by atoms with E-state index in [-0.39, 0.29) is 12.5 Å². The van der Waals surface area contributed by atoms with Crippen molar-refractivity contribution in [2.45, 2.75) is 31.6 Å². The highest BCUT2D eigenvalue weighted by molar-refractivity contribution is 7.90. The summed E-state index contributed by atoms with van der Waals surface area (Å²) < 4.78 is 24.3. The summed E-state index contributed by atoms with van der Waals surface area (Å²) in [5, 5.41) is 7.40. The number of rotatable bonds is 2. The van der Waals surface area contributed by atoms with E-state index in [1.54, 1.807) is 13.8 Å². The summed E-state index contributed by atoms with van der Waals surface area (Å²) in [6.07, 6.45) is 0.190. The molecule has 1 N–H and O–H groups in total. The first-order valence-corrected chi connectivity index (χ1v) is 5.61. The van der Waals surface area contributed by atoms with Gasteiger partial charge in [0.05, 0.1) is 0 Å². The lowest BCUT2D eigenvalue weighted by molar-refractivity contribution is -0.136. The second-order valence-corrected chi connectivity index (χ2v) is 5.43. The van der Waals surface area contributed by atoms with Crippen LogP contribution in [-0.2, 0) is 14.8 Å². The number of hydrogen-bond donors (Lipinski definition) is 1. The summed E-state index contributed by atoms with van der Waals surface area (Å²) in [5.74, 6) is -1.25. The van der Waals surface area contributed by atoms with Gasteiger partial charge in [0.25, 0.3) is 0 Å². The SMILES string of the molecule is CC(C)N1CCC(C(=O)O)S1(=O)=O. The van der Waals surface area contributed by atoms with E-state index in [1.807, 2.05) is 0 Å². The van der Waals surface area contributed by atoms with Gasteiger partial charge in [0.1, 0.15) is 0 Å². The van der Waals surface area contributed by atoms with Crippen molar-refractivity contribution >= 4 is 16.0 Å². The Bertz CT molecular complexity index is 308. The smallest absolute Gasteiger partial charge is 0.323 e. The van der Waals surface area contributed by atoms with Crippen LogP contribution in [-0.4, -0.2) is 41.6 Å². The van der Waals surface area contributed by atoms with E-state index in [4.69, 9.17) is 5.11 Å². The molecule has 5 nitrogen and oxygen atoms in total. The Labute approximate surface area is 77.4 Å². The Hall–Kier alpha value is -0.620. The van der Waals surface area contributed by atoms with Gasteiger partial charge in [-0.25, -0.2) is 8.42 Å². The predicted molar refractivity (Wildman–Crippen MR) is 46.8 cm³/mol. The fourth-order valence-electron chi connectivity index (χ4n) is 1.49. The molecule has 1 heterocycles. The third-order valence-electron chi connectivity index (χ3n) is 2.15. The van der Waals surface area contributed by atoms with E-state index in [2.05, 4.69) is 0 Å². The Morgan fingerprint density at radius 1 is 1.54 bits per heavy atom. The molecule has 0 saturated carbocycles. The maximum atomic E-state index is 11.5. The zero-order chi connectivity index (χ0) is 10.2. The third-order valence-corrected chi connectivity index (χ3v) is 4.56. The summed E-state index contributed by atoms with van der Waals surface area (Å²) in [7, 11) is -3.59. The molecule has 1 rings (SSSR count). The van der Waals surface area contributed by atoms with Crippen LogP contribution in [0.2, 0.25) is 0 Å². The quantitative estimate of drug-likeness (QED) is 0.685. The van der Waals surface area contributed by atoms with Gasteiger partial charge in [-0.1, -0.05) is 0 Å². The van der Waals surface area contributed by atoms with Gasteiger partial charge >= 0.3 is 5.97 Å². The zero-order valence-corrected chi connectivity index (χ0v) is 8.41. The number of aliphatic carboxylic acids is 1. The third kappa shape index (κ3) is 1.68. The predicted octanol–water partition coefficient (Wildman–Crippen LogP) is -0.116. The molecule has 13 heavy (non-hydrogen) atoms. The summed E-state index contributed by atoms with van der Waals surface area (Å²) in [5.41, 5.74) is 0. The molecule has 1 saturated heterocycles. The monoisotopic (exact) mass is 207 g/mol. The van der Waals surface area contributed by atoms with Gasteiger partial charge in [-0.2, -0.15) is 4.31 Å². The van der Waals surface area contributed by atoms with Gasteiger partial charge in [-0.15, -0.1) is 0 Å². The number of sulfonamides is 1. The Morgan fingerprint density at radius 3 is 2.31 bits per heavy atom. The first-order chi connectivity index (χ1) is 5.87. The number of carbonyl (C=O) groups is 1. The Balaban J connectivity index is 2.97. The molecule has 0 radical (unpaired) electrons. The zero-order valence-electron chi connectivity index (χ0n) is 7.60. The van der Waals surface area contributed by atoms with Gasteiger partial charge in [-0.3, -0.25) is 4.79 Å². The van der Waals surface area contributed by atoms with Crippen molar-refractivity contribution in [1.82, 2.24) is 4.31 Å². The molecule has 0 spiro atoms. The fraction of sp³-hybridized carbons (Fsp3) is 0.857. The molecule has 76 valence electrons. The minimum absolute atomic E-state index is 0.158. The van der Waals surface area contributed by atoms with Crippen molar-refractivity contribution in [1.29, 1.82) is 0 Å². The van der Waals surface area contributed by atoms with Crippen molar-refractivity contribution in [3.8, 4) is 0 Å². The number of hydrogen-bond acceptors (Lipinski definition) is 3. The lowest BCUT2D eigenvalue weighted by atomic mass is 10.3. The highest BCUT2D eigenvalue weighted by Gasteiger charge is 2.44. The van der Waals surface area contributed by atoms with Crippen molar-refractivity contribution in [2.75, 3.05) is 6.54 Å². The molecule has 0 bridgehead atoms. The van der Waals surface area contributed by atoms with Crippen LogP contribution in [0.4, 0.5) is 0 Å². The first-order valence-electron chi connectivity index (χ1n) is 4.11. The number of carboxylic acids is 1. The van der Waals surface area contributed by atoms with Crippen molar-refractivity contribution < 1.29 is 18.3 Å². The van der Waals surface area contributed by atoms with E-state index in [0.29, 0.717) is 6.54 Å². The molecule has 6 heteroatoms. The average molecular weight is 207 g/mol. The molecule has 0 aromatic heterocycles. The molecular formula is C7H13NO4S. The first kappa shape index (κ1) is 10.5. The highest BCUT2D eigenvalue weighted by atomic mass is 32.2. The molecule has 0 amide bonds. The fourth-order valence-corrected chi connectivity index (χ4v) is 3.42. The van der Waals surface area contributed by atoms with Crippen LogP contribution < -0.4 is 0 Å². The van der Waals surface area contributed by atoms with E-state index in [1.165, 1.54) is 4.31 Å².